The summed E-state index contributed by atoms with van der Waals surface area (Å²) in [4.78, 5) is 4.06. The number of rotatable bonds is 2. The van der Waals surface area contributed by atoms with E-state index in [2.05, 4.69) is 4.99 Å². The molecule has 2 aromatic rings. The van der Waals surface area contributed by atoms with Crippen molar-refractivity contribution in [2.75, 3.05) is 0 Å². The van der Waals surface area contributed by atoms with Gasteiger partial charge in [-0.05, 0) is 40.5 Å². The third kappa shape index (κ3) is 2.56. The van der Waals surface area contributed by atoms with Gasteiger partial charge in [0.2, 0.25) is 0 Å². The Morgan fingerprint density at radius 2 is 1.95 bits per heavy atom. The lowest BCUT2D eigenvalue weighted by atomic mass is 9.93. The van der Waals surface area contributed by atoms with E-state index in [1.54, 1.807) is 30.5 Å². The molecule has 3 rings (SSSR count). The minimum absolute atomic E-state index is 0.150. The Balaban J connectivity index is 2.21. The van der Waals surface area contributed by atoms with E-state index in [4.69, 9.17) is 0 Å². The fourth-order valence-corrected chi connectivity index (χ4v) is 2.47. The number of benzene rings is 2. The topological polar surface area (TPSA) is 32.6 Å². The second-order valence-corrected chi connectivity index (χ2v) is 4.92. The summed E-state index contributed by atoms with van der Waals surface area (Å²) in [5.74, 6) is 0. The number of hydrogen-bond acceptors (Lipinski definition) is 2. The first-order valence-corrected chi connectivity index (χ1v) is 6.43. The zero-order chi connectivity index (χ0) is 15.0. The molecule has 0 unspecified atom stereocenters. The minimum atomic E-state index is -4.39. The van der Waals surface area contributed by atoms with Gasteiger partial charge in [0.15, 0.2) is 0 Å². The van der Waals surface area contributed by atoms with Crippen LogP contribution in [0.2, 0.25) is 0 Å². The van der Waals surface area contributed by atoms with Gasteiger partial charge < -0.3 is 5.11 Å². The number of nitrogens with zero attached hydrogens (tertiary/aromatic N) is 1. The second-order valence-electron chi connectivity index (χ2n) is 4.92. The molecule has 1 N–H and O–H groups in total. The summed E-state index contributed by atoms with van der Waals surface area (Å²) in [6.07, 6.45) is -2.78. The van der Waals surface area contributed by atoms with Gasteiger partial charge in [-0.3, -0.25) is 4.99 Å². The van der Waals surface area contributed by atoms with Crippen molar-refractivity contribution in [1.29, 1.82) is 0 Å². The molecule has 0 spiro atoms. The van der Waals surface area contributed by atoms with Crippen LogP contribution in [0.5, 0.6) is 0 Å². The van der Waals surface area contributed by atoms with Crippen molar-refractivity contribution < 1.29 is 18.3 Å². The zero-order valence-electron chi connectivity index (χ0n) is 11.0. The largest absolute Gasteiger partial charge is 0.416 e. The maximum Gasteiger partial charge on any atom is 0.416 e. The third-order valence-corrected chi connectivity index (χ3v) is 3.50. The second kappa shape index (κ2) is 5.00. The summed E-state index contributed by atoms with van der Waals surface area (Å²) in [5.41, 5.74) is 2.44. The predicted octanol–water partition coefficient (Wildman–Crippen LogP) is 3.80. The fourth-order valence-electron chi connectivity index (χ4n) is 2.47. The van der Waals surface area contributed by atoms with Crippen LogP contribution in [-0.2, 0) is 19.3 Å². The standard InChI is InChI=1S/C16H12F3NO/c17-16(18,19)13-5-12-7-20-8-15(12)14(6-13)11-3-1-2-10(4-11)9-21/h1-6,8,21H,7,9H2. The van der Waals surface area contributed by atoms with E-state index in [1.165, 1.54) is 0 Å². The summed E-state index contributed by atoms with van der Waals surface area (Å²) in [6, 6.07) is 9.18. The van der Waals surface area contributed by atoms with Gasteiger partial charge in [0.25, 0.3) is 0 Å². The lowest BCUT2D eigenvalue weighted by Gasteiger charge is -2.14. The van der Waals surface area contributed by atoms with Crippen LogP contribution in [0.25, 0.3) is 11.1 Å². The van der Waals surface area contributed by atoms with Crippen LogP contribution < -0.4 is 0 Å². The lowest BCUT2D eigenvalue weighted by molar-refractivity contribution is -0.137. The van der Waals surface area contributed by atoms with Crippen LogP contribution in [0.15, 0.2) is 41.4 Å². The van der Waals surface area contributed by atoms with Crippen molar-refractivity contribution in [3.63, 3.8) is 0 Å². The number of aliphatic hydroxyl groups excluding tert-OH is 1. The third-order valence-electron chi connectivity index (χ3n) is 3.50. The van der Waals surface area contributed by atoms with Crippen LogP contribution >= 0.6 is 0 Å². The summed E-state index contributed by atoms with van der Waals surface area (Å²) < 4.78 is 39.1. The molecule has 1 aliphatic rings. The van der Waals surface area contributed by atoms with Gasteiger partial charge in [-0.1, -0.05) is 18.2 Å². The molecule has 0 bridgehead atoms. The van der Waals surface area contributed by atoms with Gasteiger partial charge in [0.1, 0.15) is 0 Å². The first-order chi connectivity index (χ1) is 9.99. The van der Waals surface area contributed by atoms with E-state index in [0.717, 1.165) is 17.7 Å². The molecule has 1 heterocycles. The molecule has 108 valence electrons. The van der Waals surface area contributed by atoms with E-state index in [-0.39, 0.29) is 13.2 Å². The highest BCUT2D eigenvalue weighted by Gasteiger charge is 2.32. The van der Waals surface area contributed by atoms with Crippen LogP contribution in [0, 0.1) is 0 Å². The Morgan fingerprint density at radius 3 is 2.67 bits per heavy atom. The van der Waals surface area contributed by atoms with Crippen molar-refractivity contribution in [3.8, 4) is 11.1 Å². The molecule has 21 heavy (non-hydrogen) atoms. The van der Waals surface area contributed by atoms with E-state index in [9.17, 15) is 18.3 Å². The highest BCUT2D eigenvalue weighted by atomic mass is 19.4. The number of halogens is 3. The van der Waals surface area contributed by atoms with Crippen molar-refractivity contribution in [1.82, 2.24) is 0 Å². The van der Waals surface area contributed by atoms with Gasteiger partial charge >= 0.3 is 6.18 Å². The first kappa shape index (κ1) is 13.8. The number of alkyl halides is 3. The molecule has 0 aliphatic carbocycles. The maximum atomic E-state index is 13.0. The maximum absolute atomic E-state index is 13.0. The Bertz CT molecular complexity index is 720. The van der Waals surface area contributed by atoms with E-state index in [0.29, 0.717) is 22.3 Å². The molecule has 2 nitrogen and oxygen atoms in total. The zero-order valence-corrected chi connectivity index (χ0v) is 11.0. The number of hydrogen-bond donors (Lipinski definition) is 1. The number of aliphatic imine (C=N–C) groups is 1. The van der Waals surface area contributed by atoms with Crippen LogP contribution in [0.4, 0.5) is 13.2 Å². The van der Waals surface area contributed by atoms with Gasteiger partial charge in [-0.2, -0.15) is 13.2 Å². The van der Waals surface area contributed by atoms with E-state index in [1.807, 2.05) is 0 Å². The molecular weight excluding hydrogens is 279 g/mol. The summed E-state index contributed by atoms with van der Waals surface area (Å²) in [7, 11) is 0. The molecule has 0 aromatic heterocycles. The lowest BCUT2D eigenvalue weighted by Crippen LogP contribution is -2.07. The van der Waals surface area contributed by atoms with Crippen molar-refractivity contribution in [3.05, 3.63) is 58.7 Å². The molecule has 2 aromatic carbocycles. The molecule has 0 saturated heterocycles. The average Bonchev–Trinajstić information content (AvgIpc) is 2.93. The van der Waals surface area contributed by atoms with Crippen molar-refractivity contribution in [2.24, 2.45) is 4.99 Å². The van der Waals surface area contributed by atoms with Crippen molar-refractivity contribution >= 4 is 6.21 Å². The minimum Gasteiger partial charge on any atom is -0.392 e. The molecule has 5 heteroatoms. The Hall–Kier alpha value is -2.14. The predicted molar refractivity (Wildman–Crippen MR) is 74.1 cm³/mol. The summed E-state index contributed by atoms with van der Waals surface area (Å²) >= 11 is 0. The molecule has 0 fully saturated rings. The summed E-state index contributed by atoms with van der Waals surface area (Å²) in [5, 5.41) is 9.18. The van der Waals surface area contributed by atoms with Crippen molar-refractivity contribution in [2.45, 2.75) is 19.3 Å². The Labute approximate surface area is 119 Å². The first-order valence-electron chi connectivity index (χ1n) is 6.43. The summed E-state index contributed by atoms with van der Waals surface area (Å²) in [6.45, 7) is 0.120. The molecule has 0 saturated carbocycles. The monoisotopic (exact) mass is 291 g/mol. The van der Waals surface area contributed by atoms with Crippen LogP contribution in [-0.4, -0.2) is 11.3 Å². The molecule has 0 radical (unpaired) electrons. The SMILES string of the molecule is OCc1cccc(-c2cc(C(F)(F)F)cc3c2C=NC3)c1. The smallest absolute Gasteiger partial charge is 0.392 e. The van der Waals surface area contributed by atoms with Gasteiger partial charge in [0.05, 0.1) is 18.7 Å². The normalized spacial score (nSPS) is 13.5. The fraction of sp³-hybridized carbons (Fsp3) is 0.188. The Morgan fingerprint density at radius 1 is 1.14 bits per heavy atom. The number of aliphatic hydroxyl groups is 1. The number of fused-ring (bicyclic) bond motifs is 1. The highest BCUT2D eigenvalue weighted by molar-refractivity contribution is 5.94. The van der Waals surface area contributed by atoms with Gasteiger partial charge in [-0.15, -0.1) is 0 Å². The quantitative estimate of drug-likeness (QED) is 0.897. The Kier molecular flexibility index (Phi) is 3.29. The molecular formula is C16H12F3NO. The molecule has 1 aliphatic heterocycles. The highest BCUT2D eigenvalue weighted by Crippen LogP contribution is 2.37. The van der Waals surface area contributed by atoms with E-state index >= 15 is 0 Å². The molecule has 0 amide bonds. The molecule has 0 atom stereocenters. The van der Waals surface area contributed by atoms with Crippen LogP contribution in [0.1, 0.15) is 22.3 Å². The van der Waals surface area contributed by atoms with Gasteiger partial charge in [-0.25, -0.2) is 0 Å². The average molecular weight is 291 g/mol. The van der Waals surface area contributed by atoms with Gasteiger partial charge in [0, 0.05) is 11.8 Å². The van der Waals surface area contributed by atoms with Crippen LogP contribution in [0.3, 0.4) is 0 Å². The van der Waals surface area contributed by atoms with E-state index < -0.39 is 11.7 Å².